The van der Waals surface area contributed by atoms with E-state index >= 15 is 0 Å². The second kappa shape index (κ2) is 7.78. The van der Waals surface area contributed by atoms with Crippen molar-refractivity contribution in [1.82, 2.24) is 10.3 Å². The highest BCUT2D eigenvalue weighted by Crippen LogP contribution is 2.23. The molecule has 0 atom stereocenters. The fraction of sp³-hybridized carbons (Fsp3) is 0.312. The Balaban J connectivity index is 1.95. The van der Waals surface area contributed by atoms with E-state index < -0.39 is 0 Å². The maximum Gasteiger partial charge on any atom is 0.218 e. The number of aromatic nitrogens is 1. The number of nitrogens with zero attached hydrogens (tertiary/aromatic N) is 1. The minimum absolute atomic E-state index is 0.117. The number of ether oxygens (including phenoxy) is 1. The highest BCUT2D eigenvalue weighted by atomic mass is 79.9. The number of nitrogens with one attached hydrogen (secondary N) is 1. The lowest BCUT2D eigenvalue weighted by Gasteiger charge is -2.13. The largest absolute Gasteiger partial charge is 0.475 e. The SMILES string of the molecule is CC(C)Oc1ncccc1CNCc1ccc(Cl)c(Br)c1. The first-order valence-corrected chi connectivity index (χ1v) is 7.98. The van der Waals surface area contributed by atoms with Crippen molar-refractivity contribution in [3.05, 3.63) is 57.2 Å². The average molecular weight is 370 g/mol. The molecular formula is C16H18BrClN2O. The van der Waals surface area contributed by atoms with Gasteiger partial charge in [-0.15, -0.1) is 0 Å². The molecule has 0 radical (unpaired) electrons. The molecule has 1 N–H and O–H groups in total. The fourth-order valence-electron chi connectivity index (χ4n) is 1.88. The summed E-state index contributed by atoms with van der Waals surface area (Å²) in [5.74, 6) is 0.692. The number of rotatable bonds is 6. The van der Waals surface area contributed by atoms with Gasteiger partial charge in [0.15, 0.2) is 0 Å². The Kier molecular flexibility index (Phi) is 6.03. The Morgan fingerprint density at radius 2 is 2.10 bits per heavy atom. The van der Waals surface area contributed by atoms with Crippen molar-refractivity contribution in [2.45, 2.75) is 33.0 Å². The molecule has 2 aromatic rings. The first-order valence-electron chi connectivity index (χ1n) is 6.81. The standard InChI is InChI=1S/C16H18BrClN2O/c1-11(2)21-16-13(4-3-7-20-16)10-19-9-12-5-6-15(18)14(17)8-12/h3-8,11,19H,9-10H2,1-2H3. The van der Waals surface area contributed by atoms with E-state index in [2.05, 4.69) is 26.2 Å². The summed E-state index contributed by atoms with van der Waals surface area (Å²) in [6, 6.07) is 9.86. The molecule has 0 amide bonds. The van der Waals surface area contributed by atoms with Crippen molar-refractivity contribution < 1.29 is 4.74 Å². The van der Waals surface area contributed by atoms with Gasteiger partial charge in [-0.3, -0.25) is 0 Å². The molecule has 0 saturated heterocycles. The smallest absolute Gasteiger partial charge is 0.218 e. The number of pyridine rings is 1. The van der Waals surface area contributed by atoms with Crippen molar-refractivity contribution >= 4 is 27.5 Å². The second-order valence-corrected chi connectivity index (χ2v) is 6.25. The first-order chi connectivity index (χ1) is 10.1. The normalized spacial score (nSPS) is 10.9. The Hall–Kier alpha value is -1.10. The zero-order chi connectivity index (χ0) is 15.2. The molecule has 5 heteroatoms. The minimum atomic E-state index is 0.117. The van der Waals surface area contributed by atoms with Crippen molar-refractivity contribution in [2.75, 3.05) is 0 Å². The molecule has 0 aliphatic rings. The molecular weight excluding hydrogens is 352 g/mol. The third-order valence-corrected chi connectivity index (χ3v) is 4.04. The maximum atomic E-state index is 5.99. The lowest BCUT2D eigenvalue weighted by molar-refractivity contribution is 0.229. The predicted octanol–water partition coefficient (Wildman–Crippen LogP) is 4.57. The van der Waals surface area contributed by atoms with Crippen LogP contribution in [0.1, 0.15) is 25.0 Å². The second-order valence-electron chi connectivity index (χ2n) is 4.99. The summed E-state index contributed by atoms with van der Waals surface area (Å²) < 4.78 is 6.62. The van der Waals surface area contributed by atoms with Crippen LogP contribution in [0.2, 0.25) is 5.02 Å². The van der Waals surface area contributed by atoms with Crippen LogP contribution in [-0.2, 0) is 13.1 Å². The summed E-state index contributed by atoms with van der Waals surface area (Å²) in [7, 11) is 0. The van der Waals surface area contributed by atoms with Crippen LogP contribution in [0.25, 0.3) is 0 Å². The van der Waals surface area contributed by atoms with Crippen LogP contribution in [0.4, 0.5) is 0 Å². The third-order valence-electron chi connectivity index (χ3n) is 2.83. The quantitative estimate of drug-likeness (QED) is 0.809. The molecule has 2 rings (SSSR count). The van der Waals surface area contributed by atoms with Crippen LogP contribution in [0, 0.1) is 0 Å². The van der Waals surface area contributed by atoms with E-state index in [1.807, 2.05) is 44.2 Å². The summed E-state index contributed by atoms with van der Waals surface area (Å²) >= 11 is 9.42. The Morgan fingerprint density at radius 1 is 1.29 bits per heavy atom. The van der Waals surface area contributed by atoms with Crippen LogP contribution < -0.4 is 10.1 Å². The highest BCUT2D eigenvalue weighted by molar-refractivity contribution is 9.10. The van der Waals surface area contributed by atoms with Gasteiger partial charge in [0.25, 0.3) is 0 Å². The Bertz CT molecular complexity index is 605. The molecule has 0 bridgehead atoms. The summed E-state index contributed by atoms with van der Waals surface area (Å²) in [5.41, 5.74) is 2.22. The summed E-state index contributed by atoms with van der Waals surface area (Å²) in [4.78, 5) is 4.28. The van der Waals surface area contributed by atoms with Crippen LogP contribution in [0.15, 0.2) is 41.0 Å². The molecule has 1 aromatic carbocycles. The van der Waals surface area contributed by atoms with Gasteiger partial charge >= 0.3 is 0 Å². The van der Waals surface area contributed by atoms with E-state index in [9.17, 15) is 0 Å². The zero-order valence-electron chi connectivity index (χ0n) is 12.1. The van der Waals surface area contributed by atoms with Gasteiger partial charge in [0, 0.05) is 29.3 Å². The lowest BCUT2D eigenvalue weighted by Crippen LogP contribution is -2.15. The van der Waals surface area contributed by atoms with E-state index in [4.69, 9.17) is 16.3 Å². The third kappa shape index (κ3) is 4.99. The van der Waals surface area contributed by atoms with Gasteiger partial charge in [-0.2, -0.15) is 0 Å². The first kappa shape index (κ1) is 16.3. The van der Waals surface area contributed by atoms with Gasteiger partial charge in [-0.1, -0.05) is 23.7 Å². The van der Waals surface area contributed by atoms with Gasteiger partial charge < -0.3 is 10.1 Å². The van der Waals surface area contributed by atoms with Crippen LogP contribution >= 0.6 is 27.5 Å². The maximum absolute atomic E-state index is 5.99. The summed E-state index contributed by atoms with van der Waals surface area (Å²) in [5, 5.41) is 4.12. The van der Waals surface area contributed by atoms with E-state index in [1.165, 1.54) is 5.56 Å². The zero-order valence-corrected chi connectivity index (χ0v) is 14.4. The fourth-order valence-corrected chi connectivity index (χ4v) is 2.42. The van der Waals surface area contributed by atoms with E-state index in [1.54, 1.807) is 6.20 Å². The van der Waals surface area contributed by atoms with E-state index in [0.29, 0.717) is 12.4 Å². The molecule has 0 fully saturated rings. The molecule has 1 aromatic heterocycles. The number of halogens is 2. The molecule has 21 heavy (non-hydrogen) atoms. The Morgan fingerprint density at radius 3 is 2.81 bits per heavy atom. The predicted molar refractivity (Wildman–Crippen MR) is 89.7 cm³/mol. The van der Waals surface area contributed by atoms with E-state index in [-0.39, 0.29) is 6.10 Å². The topological polar surface area (TPSA) is 34.1 Å². The van der Waals surface area contributed by atoms with Crippen LogP contribution in [0.3, 0.4) is 0 Å². The minimum Gasteiger partial charge on any atom is -0.475 e. The molecule has 0 unspecified atom stereocenters. The average Bonchev–Trinajstić information content (AvgIpc) is 2.44. The number of hydrogen-bond donors (Lipinski definition) is 1. The lowest BCUT2D eigenvalue weighted by atomic mass is 10.2. The monoisotopic (exact) mass is 368 g/mol. The highest BCUT2D eigenvalue weighted by Gasteiger charge is 2.06. The van der Waals surface area contributed by atoms with Gasteiger partial charge in [-0.25, -0.2) is 4.98 Å². The van der Waals surface area contributed by atoms with Crippen molar-refractivity contribution in [1.29, 1.82) is 0 Å². The molecule has 0 spiro atoms. The van der Waals surface area contributed by atoms with Crippen molar-refractivity contribution in [3.63, 3.8) is 0 Å². The summed E-state index contributed by atoms with van der Waals surface area (Å²) in [6.45, 7) is 5.45. The van der Waals surface area contributed by atoms with Crippen LogP contribution in [-0.4, -0.2) is 11.1 Å². The van der Waals surface area contributed by atoms with Gasteiger partial charge in [0.1, 0.15) is 0 Å². The van der Waals surface area contributed by atoms with Gasteiger partial charge in [-0.05, 0) is 53.5 Å². The van der Waals surface area contributed by atoms with Gasteiger partial charge in [0.05, 0.1) is 11.1 Å². The molecule has 0 aliphatic heterocycles. The molecule has 3 nitrogen and oxygen atoms in total. The number of benzene rings is 1. The molecule has 1 heterocycles. The van der Waals surface area contributed by atoms with Crippen molar-refractivity contribution in [3.8, 4) is 5.88 Å². The molecule has 112 valence electrons. The molecule has 0 aliphatic carbocycles. The molecule has 0 saturated carbocycles. The van der Waals surface area contributed by atoms with E-state index in [0.717, 1.165) is 21.6 Å². The summed E-state index contributed by atoms with van der Waals surface area (Å²) in [6.07, 6.45) is 1.86. The Labute approximate surface area is 138 Å². The number of hydrogen-bond acceptors (Lipinski definition) is 3. The van der Waals surface area contributed by atoms with Crippen molar-refractivity contribution in [2.24, 2.45) is 0 Å². The van der Waals surface area contributed by atoms with Crippen LogP contribution in [0.5, 0.6) is 5.88 Å². The van der Waals surface area contributed by atoms with Gasteiger partial charge in [0.2, 0.25) is 5.88 Å².